The van der Waals surface area contributed by atoms with E-state index >= 15 is 0 Å². The Labute approximate surface area is 200 Å². The molecule has 0 aromatic carbocycles. The lowest BCUT2D eigenvalue weighted by atomic mass is 9.58. The molecule has 3 nitrogen and oxygen atoms in total. The van der Waals surface area contributed by atoms with Gasteiger partial charge in [0.15, 0.2) is 0 Å². The number of fused-ring (bicyclic) bond motifs is 1. The van der Waals surface area contributed by atoms with Gasteiger partial charge in [0.2, 0.25) is 0 Å². The molecule has 0 aromatic heterocycles. The number of aliphatic imine (C=N–C) groups is 1. The standard InChI is InChI=1S/C30H42N2O/c1-21(20-31-4)17-22(2)26-9-10-27-28(26,3)12-11-24-18-23-7-8-25(32-15-5-6-16-32)19-29(23)13-14-30(24,27)33-29/h11,17-18,20,25-27H,1,5-10,12-16,19H2,2-4H3/b22-17+,31-20-/t25?,26?,27-,28?,29-,30-/m1/s1. The summed E-state index contributed by atoms with van der Waals surface area (Å²) in [4.78, 5) is 6.94. The van der Waals surface area contributed by atoms with Crippen LogP contribution in [-0.4, -0.2) is 48.5 Å². The second-order valence-corrected chi connectivity index (χ2v) is 12.2. The summed E-state index contributed by atoms with van der Waals surface area (Å²) in [7, 11) is 1.82. The van der Waals surface area contributed by atoms with E-state index in [-0.39, 0.29) is 16.6 Å². The van der Waals surface area contributed by atoms with Crippen molar-refractivity contribution in [3.8, 4) is 0 Å². The molecular formula is C30H42N2O. The van der Waals surface area contributed by atoms with Gasteiger partial charge >= 0.3 is 0 Å². The Bertz CT molecular complexity index is 966. The Hall–Kier alpha value is -1.45. The van der Waals surface area contributed by atoms with E-state index < -0.39 is 0 Å². The lowest BCUT2D eigenvalue weighted by Crippen LogP contribution is -2.55. The number of hydrogen-bond acceptors (Lipinski definition) is 3. The summed E-state index contributed by atoms with van der Waals surface area (Å²) in [6, 6.07) is 0.730. The van der Waals surface area contributed by atoms with Crippen LogP contribution in [0.3, 0.4) is 0 Å². The van der Waals surface area contributed by atoms with Crippen molar-refractivity contribution in [2.75, 3.05) is 20.1 Å². The quantitative estimate of drug-likeness (QED) is 0.367. The number of nitrogens with zero attached hydrogens (tertiary/aromatic N) is 2. The molecule has 4 fully saturated rings. The smallest absolute Gasteiger partial charge is 0.0974 e. The van der Waals surface area contributed by atoms with E-state index in [1.54, 1.807) is 5.57 Å². The second-order valence-electron chi connectivity index (χ2n) is 12.2. The first-order valence-electron chi connectivity index (χ1n) is 13.6. The van der Waals surface area contributed by atoms with Crippen molar-refractivity contribution >= 4 is 6.21 Å². The number of likely N-dealkylation sites (tertiary alicyclic amines) is 1. The van der Waals surface area contributed by atoms with E-state index in [0.29, 0.717) is 11.8 Å². The van der Waals surface area contributed by atoms with E-state index in [4.69, 9.17) is 4.74 Å². The van der Waals surface area contributed by atoms with Crippen LogP contribution in [0, 0.1) is 17.3 Å². The van der Waals surface area contributed by atoms with Crippen LogP contribution in [0.4, 0.5) is 0 Å². The van der Waals surface area contributed by atoms with Gasteiger partial charge < -0.3 is 9.64 Å². The van der Waals surface area contributed by atoms with Crippen LogP contribution in [0.5, 0.6) is 0 Å². The Morgan fingerprint density at radius 2 is 2.03 bits per heavy atom. The molecule has 2 spiro atoms. The Balaban J connectivity index is 1.31. The summed E-state index contributed by atoms with van der Waals surface area (Å²) in [5.74, 6) is 1.22. The SMILES string of the molecule is C=C(/C=N\C)/C=C(\C)C1CC[C@@H]2C1(C)CC=C1C=C3CCC(N4CCCC4)C[C@]34CC[C@@]12O4. The molecule has 3 heteroatoms. The zero-order valence-corrected chi connectivity index (χ0v) is 21.0. The van der Waals surface area contributed by atoms with Crippen LogP contribution < -0.4 is 0 Å². The topological polar surface area (TPSA) is 24.8 Å². The summed E-state index contributed by atoms with van der Waals surface area (Å²) in [6.45, 7) is 11.7. The molecule has 33 heavy (non-hydrogen) atoms. The average molecular weight is 447 g/mol. The largest absolute Gasteiger partial charge is 0.359 e. The van der Waals surface area contributed by atoms with Crippen LogP contribution >= 0.6 is 0 Å². The second kappa shape index (κ2) is 7.78. The van der Waals surface area contributed by atoms with Crippen molar-refractivity contribution in [2.45, 2.75) is 95.3 Å². The highest BCUT2D eigenvalue weighted by Gasteiger charge is 2.66. The van der Waals surface area contributed by atoms with E-state index in [9.17, 15) is 0 Å². The molecular weight excluding hydrogens is 404 g/mol. The molecule has 178 valence electrons. The molecule has 3 aliphatic heterocycles. The third kappa shape index (κ3) is 3.18. The first-order valence-corrected chi connectivity index (χ1v) is 13.6. The predicted molar refractivity (Wildman–Crippen MR) is 137 cm³/mol. The number of ether oxygens (including phenoxy) is 1. The Kier molecular flexibility index (Phi) is 5.20. The fourth-order valence-corrected chi connectivity index (χ4v) is 9.15. The van der Waals surface area contributed by atoms with Crippen molar-refractivity contribution in [2.24, 2.45) is 22.2 Å². The van der Waals surface area contributed by atoms with Crippen LogP contribution in [0.25, 0.3) is 0 Å². The molecule has 3 aliphatic carbocycles. The van der Waals surface area contributed by atoms with Gasteiger partial charge in [-0.15, -0.1) is 0 Å². The van der Waals surface area contributed by atoms with Crippen LogP contribution in [0.15, 0.2) is 52.1 Å². The third-order valence-corrected chi connectivity index (χ3v) is 10.6. The summed E-state index contributed by atoms with van der Waals surface area (Å²) in [5.41, 5.74) is 5.91. The van der Waals surface area contributed by atoms with Gasteiger partial charge in [-0.25, -0.2) is 0 Å². The summed E-state index contributed by atoms with van der Waals surface area (Å²) >= 11 is 0. The minimum atomic E-state index is -0.0414. The van der Waals surface area contributed by atoms with Crippen LogP contribution in [0.1, 0.15) is 78.1 Å². The highest BCUT2D eigenvalue weighted by molar-refractivity contribution is 5.81. The third-order valence-electron chi connectivity index (χ3n) is 10.6. The van der Waals surface area contributed by atoms with Gasteiger partial charge in [0, 0.05) is 19.3 Å². The normalized spacial score (nSPS) is 44.9. The zero-order chi connectivity index (χ0) is 22.8. The van der Waals surface area contributed by atoms with Crippen molar-refractivity contribution < 1.29 is 4.74 Å². The Morgan fingerprint density at radius 3 is 2.82 bits per heavy atom. The van der Waals surface area contributed by atoms with Gasteiger partial charge in [-0.2, -0.15) is 0 Å². The minimum absolute atomic E-state index is 0.0238. The number of rotatable bonds is 4. The fourth-order valence-electron chi connectivity index (χ4n) is 9.15. The lowest BCUT2D eigenvalue weighted by Gasteiger charge is -2.55. The van der Waals surface area contributed by atoms with Gasteiger partial charge in [0.25, 0.3) is 0 Å². The maximum atomic E-state index is 7.48. The van der Waals surface area contributed by atoms with Crippen molar-refractivity contribution in [1.82, 2.24) is 4.90 Å². The van der Waals surface area contributed by atoms with Gasteiger partial charge in [0.1, 0.15) is 0 Å². The number of allylic oxidation sites excluding steroid dienone is 4. The van der Waals surface area contributed by atoms with Gasteiger partial charge in [-0.1, -0.05) is 37.3 Å². The summed E-state index contributed by atoms with van der Waals surface area (Å²) in [6.07, 6.45) is 22.1. The van der Waals surface area contributed by atoms with E-state index in [0.717, 1.165) is 11.6 Å². The van der Waals surface area contributed by atoms with Gasteiger partial charge in [-0.05, 0) is 118 Å². The van der Waals surface area contributed by atoms with Gasteiger partial charge in [0.05, 0.1) is 11.2 Å². The maximum absolute atomic E-state index is 7.48. The molecule has 2 bridgehead atoms. The van der Waals surface area contributed by atoms with Crippen LogP contribution in [-0.2, 0) is 4.74 Å². The van der Waals surface area contributed by atoms with E-state index in [1.165, 1.54) is 88.4 Å². The molecule has 2 saturated carbocycles. The molecule has 0 N–H and O–H groups in total. The molecule has 3 heterocycles. The first kappa shape index (κ1) is 22.0. The highest BCUT2D eigenvalue weighted by atomic mass is 16.5. The average Bonchev–Trinajstić information content (AvgIpc) is 3.50. The highest BCUT2D eigenvalue weighted by Crippen LogP contribution is 2.68. The van der Waals surface area contributed by atoms with Crippen molar-refractivity contribution in [3.05, 3.63) is 47.1 Å². The van der Waals surface area contributed by atoms with E-state index in [2.05, 4.69) is 48.5 Å². The molecule has 0 amide bonds. The molecule has 6 aliphatic rings. The zero-order valence-electron chi connectivity index (χ0n) is 21.0. The van der Waals surface area contributed by atoms with E-state index in [1.807, 2.05) is 13.3 Å². The lowest BCUT2D eigenvalue weighted by molar-refractivity contribution is -0.141. The van der Waals surface area contributed by atoms with Gasteiger partial charge in [-0.3, -0.25) is 4.99 Å². The molecule has 6 rings (SSSR count). The van der Waals surface area contributed by atoms with Crippen molar-refractivity contribution in [1.29, 1.82) is 0 Å². The summed E-state index contributed by atoms with van der Waals surface area (Å²) in [5, 5.41) is 0. The maximum Gasteiger partial charge on any atom is 0.0974 e. The first-order chi connectivity index (χ1) is 15.9. The molecule has 2 saturated heterocycles. The Morgan fingerprint density at radius 1 is 1.21 bits per heavy atom. The fraction of sp³-hybridized carbons (Fsp3) is 0.700. The van der Waals surface area contributed by atoms with Crippen molar-refractivity contribution in [3.63, 3.8) is 0 Å². The molecule has 0 aromatic rings. The number of hydrogen-bond donors (Lipinski definition) is 0. The monoisotopic (exact) mass is 446 g/mol. The molecule has 0 radical (unpaired) electrons. The summed E-state index contributed by atoms with van der Waals surface area (Å²) < 4.78 is 7.48. The minimum Gasteiger partial charge on any atom is -0.359 e. The predicted octanol–water partition coefficient (Wildman–Crippen LogP) is 6.43. The molecule has 3 unspecified atom stereocenters. The van der Waals surface area contributed by atoms with Crippen LogP contribution in [0.2, 0.25) is 0 Å². The molecule has 6 atom stereocenters.